The molecule has 1 saturated heterocycles. The topological polar surface area (TPSA) is 76.2 Å². The number of hydrogen-bond acceptors (Lipinski definition) is 5. The first kappa shape index (κ1) is 21.0. The second-order valence-electron chi connectivity index (χ2n) is 7.18. The molecule has 0 bridgehead atoms. The maximum Gasteiger partial charge on any atom is 0.264 e. The van der Waals surface area contributed by atoms with Crippen molar-refractivity contribution in [1.29, 1.82) is 0 Å². The van der Waals surface area contributed by atoms with Crippen molar-refractivity contribution in [3.63, 3.8) is 0 Å². The molecule has 2 aliphatic rings. The molecule has 0 saturated carbocycles. The van der Waals surface area contributed by atoms with Crippen molar-refractivity contribution in [2.24, 2.45) is 0 Å². The first-order chi connectivity index (χ1) is 14.5. The van der Waals surface area contributed by atoms with Gasteiger partial charge in [-0.3, -0.25) is 9.10 Å². The Balaban J connectivity index is 1.49. The molecular formula is C21H23ClN2O5S. The molecule has 2 heterocycles. The van der Waals surface area contributed by atoms with Gasteiger partial charge in [0.15, 0.2) is 6.61 Å². The Hall–Kier alpha value is -2.29. The van der Waals surface area contributed by atoms with Gasteiger partial charge in [0.05, 0.1) is 28.8 Å². The van der Waals surface area contributed by atoms with E-state index in [9.17, 15) is 13.2 Å². The Bertz CT molecular complexity index is 1040. The van der Waals surface area contributed by atoms with Crippen LogP contribution in [0.2, 0.25) is 5.02 Å². The summed E-state index contributed by atoms with van der Waals surface area (Å²) in [5.41, 5.74) is 1.72. The smallest absolute Gasteiger partial charge is 0.264 e. The van der Waals surface area contributed by atoms with Crippen molar-refractivity contribution < 1.29 is 22.7 Å². The fourth-order valence-electron chi connectivity index (χ4n) is 3.68. The van der Waals surface area contributed by atoms with Gasteiger partial charge >= 0.3 is 0 Å². The summed E-state index contributed by atoms with van der Waals surface area (Å²) in [6.07, 6.45) is 1.61. The van der Waals surface area contributed by atoms with E-state index >= 15 is 0 Å². The van der Waals surface area contributed by atoms with Crippen LogP contribution in [0.15, 0.2) is 47.4 Å². The number of amides is 1. The molecule has 0 aliphatic carbocycles. The van der Waals surface area contributed by atoms with Crippen molar-refractivity contribution in [3.8, 4) is 5.75 Å². The van der Waals surface area contributed by atoms with Gasteiger partial charge in [0, 0.05) is 19.6 Å². The van der Waals surface area contributed by atoms with Crippen molar-refractivity contribution in [2.75, 3.05) is 43.8 Å². The predicted octanol–water partition coefficient (Wildman–Crippen LogP) is 2.72. The molecule has 0 N–H and O–H groups in total. The fraction of sp³-hybridized carbons (Fsp3) is 0.381. The molecule has 0 radical (unpaired) electrons. The molecule has 1 amide bonds. The third-order valence-electron chi connectivity index (χ3n) is 5.27. The minimum Gasteiger partial charge on any atom is -0.482 e. The van der Waals surface area contributed by atoms with Crippen LogP contribution in [0.25, 0.3) is 0 Å². The van der Waals surface area contributed by atoms with Gasteiger partial charge in [-0.25, -0.2) is 8.42 Å². The number of carbonyl (C=O) groups excluding carboxylic acids is 1. The van der Waals surface area contributed by atoms with Crippen LogP contribution in [-0.4, -0.2) is 58.7 Å². The normalized spacial score (nSPS) is 16.8. The van der Waals surface area contributed by atoms with E-state index in [0.717, 1.165) is 18.4 Å². The number of benzene rings is 2. The number of morpholine rings is 1. The van der Waals surface area contributed by atoms with Crippen LogP contribution in [-0.2, 0) is 26.0 Å². The number of ether oxygens (including phenoxy) is 2. The van der Waals surface area contributed by atoms with E-state index in [-0.39, 0.29) is 28.2 Å². The molecule has 160 valence electrons. The largest absolute Gasteiger partial charge is 0.482 e. The standard InChI is InChI=1S/C21H23ClN2O5S/c22-18-14-17(7-8-20(18)29-15-21(25)23-10-12-28-13-11-23)30(26,27)24-9-3-5-16-4-1-2-6-19(16)24/h1-2,4,6-8,14H,3,5,9-13,15H2. The number of para-hydroxylation sites is 1. The van der Waals surface area contributed by atoms with Crippen LogP contribution < -0.4 is 9.04 Å². The number of sulfonamides is 1. The predicted molar refractivity (Wildman–Crippen MR) is 114 cm³/mol. The van der Waals surface area contributed by atoms with Crippen LogP contribution in [0.4, 0.5) is 5.69 Å². The van der Waals surface area contributed by atoms with Crippen LogP contribution in [0.1, 0.15) is 12.0 Å². The third kappa shape index (κ3) is 4.26. The molecule has 2 aromatic carbocycles. The Morgan fingerprint density at radius 2 is 1.87 bits per heavy atom. The summed E-state index contributed by atoms with van der Waals surface area (Å²) in [6, 6.07) is 11.9. The van der Waals surface area contributed by atoms with Crippen LogP contribution in [0.3, 0.4) is 0 Å². The van der Waals surface area contributed by atoms with Gasteiger partial charge in [0.2, 0.25) is 0 Å². The Labute approximate surface area is 181 Å². The van der Waals surface area contributed by atoms with E-state index in [1.165, 1.54) is 22.5 Å². The molecule has 0 spiro atoms. The number of hydrogen-bond donors (Lipinski definition) is 0. The molecule has 0 aromatic heterocycles. The zero-order valence-corrected chi connectivity index (χ0v) is 18.0. The minimum absolute atomic E-state index is 0.0936. The monoisotopic (exact) mass is 450 g/mol. The zero-order chi connectivity index (χ0) is 21.1. The van der Waals surface area contributed by atoms with Crippen molar-refractivity contribution in [2.45, 2.75) is 17.7 Å². The molecule has 7 nitrogen and oxygen atoms in total. The summed E-state index contributed by atoms with van der Waals surface area (Å²) < 4.78 is 38.7. The molecule has 2 aliphatic heterocycles. The number of carbonyl (C=O) groups is 1. The SMILES string of the molecule is O=C(COc1ccc(S(=O)(=O)N2CCCc3ccccc32)cc1Cl)N1CCOCC1. The Kier molecular flexibility index (Phi) is 6.17. The highest BCUT2D eigenvalue weighted by atomic mass is 35.5. The maximum atomic E-state index is 13.2. The average Bonchev–Trinajstić information content (AvgIpc) is 2.78. The molecule has 30 heavy (non-hydrogen) atoms. The zero-order valence-electron chi connectivity index (χ0n) is 16.4. The molecule has 9 heteroatoms. The number of aryl methyl sites for hydroxylation is 1. The second kappa shape index (κ2) is 8.83. The maximum absolute atomic E-state index is 13.2. The Morgan fingerprint density at radius 3 is 2.63 bits per heavy atom. The van der Waals surface area contributed by atoms with E-state index in [0.29, 0.717) is 38.5 Å². The van der Waals surface area contributed by atoms with Crippen molar-refractivity contribution >= 4 is 33.2 Å². The van der Waals surface area contributed by atoms with E-state index in [1.807, 2.05) is 24.3 Å². The quantitative estimate of drug-likeness (QED) is 0.700. The average molecular weight is 451 g/mol. The lowest BCUT2D eigenvalue weighted by Crippen LogP contribution is -2.43. The van der Waals surface area contributed by atoms with Gasteiger partial charge in [-0.1, -0.05) is 29.8 Å². The number of anilines is 1. The van der Waals surface area contributed by atoms with Crippen LogP contribution in [0.5, 0.6) is 5.75 Å². The fourth-order valence-corrected chi connectivity index (χ4v) is 5.55. The summed E-state index contributed by atoms with van der Waals surface area (Å²) >= 11 is 6.29. The van der Waals surface area contributed by atoms with E-state index in [2.05, 4.69) is 0 Å². The van der Waals surface area contributed by atoms with Gasteiger partial charge in [-0.05, 0) is 42.7 Å². The summed E-state index contributed by atoms with van der Waals surface area (Å²) in [5.74, 6) is 0.118. The molecule has 2 aromatic rings. The number of nitrogens with zero attached hydrogens (tertiary/aromatic N) is 2. The number of rotatable bonds is 5. The minimum atomic E-state index is -3.76. The van der Waals surface area contributed by atoms with Crippen LogP contribution in [0, 0.1) is 0 Å². The molecule has 4 rings (SSSR count). The van der Waals surface area contributed by atoms with Crippen molar-refractivity contribution in [1.82, 2.24) is 4.90 Å². The number of fused-ring (bicyclic) bond motifs is 1. The summed E-state index contributed by atoms with van der Waals surface area (Å²) in [5, 5.41) is 0.149. The lowest BCUT2D eigenvalue weighted by molar-refractivity contribution is -0.137. The highest BCUT2D eigenvalue weighted by molar-refractivity contribution is 7.92. The first-order valence-electron chi connectivity index (χ1n) is 9.85. The highest BCUT2D eigenvalue weighted by Gasteiger charge is 2.29. The van der Waals surface area contributed by atoms with Gasteiger partial charge in [0.1, 0.15) is 5.75 Å². The van der Waals surface area contributed by atoms with E-state index < -0.39 is 10.0 Å². The Morgan fingerprint density at radius 1 is 1.10 bits per heavy atom. The summed E-state index contributed by atoms with van der Waals surface area (Å²) in [6.45, 7) is 2.35. The lowest BCUT2D eigenvalue weighted by atomic mass is 10.0. The molecule has 1 fully saturated rings. The first-order valence-corrected chi connectivity index (χ1v) is 11.7. The molecule has 0 unspecified atom stereocenters. The van der Waals surface area contributed by atoms with Gasteiger partial charge in [-0.2, -0.15) is 0 Å². The molecule has 0 atom stereocenters. The summed E-state index contributed by atoms with van der Waals surface area (Å²) in [7, 11) is -3.76. The van der Waals surface area contributed by atoms with Gasteiger partial charge in [-0.15, -0.1) is 0 Å². The van der Waals surface area contributed by atoms with E-state index in [1.54, 1.807) is 4.90 Å². The van der Waals surface area contributed by atoms with Gasteiger partial charge < -0.3 is 14.4 Å². The lowest BCUT2D eigenvalue weighted by Gasteiger charge is -2.30. The second-order valence-corrected chi connectivity index (χ2v) is 9.45. The van der Waals surface area contributed by atoms with Crippen molar-refractivity contribution in [3.05, 3.63) is 53.1 Å². The third-order valence-corrected chi connectivity index (χ3v) is 7.38. The van der Waals surface area contributed by atoms with Crippen LogP contribution >= 0.6 is 11.6 Å². The molecular weight excluding hydrogens is 428 g/mol. The number of halogens is 1. The summed E-state index contributed by atoms with van der Waals surface area (Å²) in [4.78, 5) is 14.0. The van der Waals surface area contributed by atoms with Gasteiger partial charge in [0.25, 0.3) is 15.9 Å². The highest BCUT2D eigenvalue weighted by Crippen LogP contribution is 2.34. The van der Waals surface area contributed by atoms with E-state index in [4.69, 9.17) is 21.1 Å².